The first-order valence-corrected chi connectivity index (χ1v) is 7.42. The number of hydrogen-bond donors (Lipinski definition) is 0. The number of aryl methyl sites for hydroxylation is 1. The van der Waals surface area contributed by atoms with Gasteiger partial charge in [0.05, 0.1) is 5.57 Å². The van der Waals surface area contributed by atoms with E-state index in [2.05, 4.69) is 74.8 Å². The summed E-state index contributed by atoms with van der Waals surface area (Å²) in [4.78, 5) is 0. The van der Waals surface area contributed by atoms with Gasteiger partial charge in [0.1, 0.15) is 25.5 Å². The maximum atomic E-state index is 4.19. The van der Waals surface area contributed by atoms with Crippen molar-refractivity contribution in [1.82, 2.24) is 0 Å². The van der Waals surface area contributed by atoms with Crippen molar-refractivity contribution in [2.75, 3.05) is 14.1 Å². The molecule has 0 spiro atoms. The van der Waals surface area contributed by atoms with Crippen LogP contribution in [0.4, 0.5) is 0 Å². The largest absolute Gasteiger partial charge is 0.274 e. The van der Waals surface area contributed by atoms with Gasteiger partial charge < -0.3 is 0 Å². The molecule has 100 valence electrons. The molecule has 0 bridgehead atoms. The minimum atomic E-state index is 1.19. The third-order valence-electron chi connectivity index (χ3n) is 3.49. The summed E-state index contributed by atoms with van der Waals surface area (Å²) in [5, 5.41) is 0. The number of nitrogens with zero attached hydrogens (tertiary/aromatic N) is 2. The highest BCUT2D eigenvalue weighted by molar-refractivity contribution is 7.16. The van der Waals surface area contributed by atoms with E-state index in [0.717, 1.165) is 0 Å². The molecule has 1 aliphatic carbocycles. The van der Waals surface area contributed by atoms with E-state index >= 15 is 0 Å². The molecular formula is C17H18N2S+2. The molecule has 0 amide bonds. The van der Waals surface area contributed by atoms with Crippen LogP contribution in [0.15, 0.2) is 42.5 Å². The standard InChI is InChI=1S/C17H18N2S/c1-12-5-10-15-16(11-12)20-17(19(15)4)13-6-8-14(9-7-13)18(2)3/h5-11H,4H2,1-3H3/q+2. The first-order valence-electron chi connectivity index (χ1n) is 6.60. The van der Waals surface area contributed by atoms with Gasteiger partial charge in [-0.25, -0.2) is 4.58 Å². The molecule has 0 saturated heterocycles. The van der Waals surface area contributed by atoms with Crippen LogP contribution in [0.5, 0.6) is 0 Å². The Kier molecular flexibility index (Phi) is 3.14. The fourth-order valence-corrected chi connectivity index (χ4v) is 3.51. The van der Waals surface area contributed by atoms with E-state index in [4.69, 9.17) is 0 Å². The Morgan fingerprint density at radius 1 is 1.10 bits per heavy atom. The van der Waals surface area contributed by atoms with E-state index in [9.17, 15) is 0 Å². The van der Waals surface area contributed by atoms with Gasteiger partial charge in [0.15, 0.2) is 5.71 Å². The van der Waals surface area contributed by atoms with Gasteiger partial charge in [-0.2, -0.15) is 4.24 Å². The minimum Gasteiger partial charge on any atom is -0.235 e. The van der Waals surface area contributed by atoms with Crippen LogP contribution in [0.2, 0.25) is 0 Å². The van der Waals surface area contributed by atoms with E-state index < -0.39 is 0 Å². The van der Waals surface area contributed by atoms with Crippen LogP contribution in [0.1, 0.15) is 5.56 Å². The van der Waals surface area contributed by atoms with Crippen LogP contribution < -0.4 is 8.91 Å². The van der Waals surface area contributed by atoms with E-state index in [-0.39, 0.29) is 0 Å². The number of thiazole rings is 1. The molecule has 0 N–H and O–H groups in total. The van der Waals surface area contributed by atoms with Gasteiger partial charge in [0.2, 0.25) is 5.52 Å². The van der Waals surface area contributed by atoms with Crippen LogP contribution in [0.3, 0.4) is 0 Å². The van der Waals surface area contributed by atoms with Crippen molar-refractivity contribution in [3.8, 4) is 0 Å². The maximum absolute atomic E-state index is 4.19. The van der Waals surface area contributed by atoms with E-state index in [0.29, 0.717) is 0 Å². The lowest BCUT2D eigenvalue weighted by molar-refractivity contribution is -0.477. The molecule has 2 nitrogen and oxygen atoms in total. The zero-order chi connectivity index (χ0) is 14.3. The monoisotopic (exact) mass is 282 g/mol. The topological polar surface area (TPSA) is 8.91 Å². The molecule has 0 atom stereocenters. The van der Waals surface area contributed by atoms with Crippen molar-refractivity contribution in [3.05, 3.63) is 59.4 Å². The summed E-state index contributed by atoms with van der Waals surface area (Å²) in [7, 11) is 4.11. The molecule has 1 aromatic heterocycles. The van der Waals surface area contributed by atoms with Gasteiger partial charge in [-0.15, -0.1) is 0 Å². The molecule has 3 rings (SSSR count). The Morgan fingerprint density at radius 3 is 2.45 bits per heavy atom. The fourth-order valence-electron chi connectivity index (χ4n) is 2.31. The predicted molar refractivity (Wildman–Crippen MR) is 85.9 cm³/mol. The van der Waals surface area contributed by atoms with Gasteiger partial charge in [0, 0.05) is 18.2 Å². The summed E-state index contributed by atoms with van der Waals surface area (Å²) >= 11 is 1.79. The van der Waals surface area contributed by atoms with E-state index in [1.165, 1.54) is 31.7 Å². The number of rotatable bonds is 0. The number of fused-ring (bicyclic) bond motifs is 1. The SMILES string of the molecule is C=[n+]1c(=C2C=CC(=[N+](C)C)C=C2)sc2cc(C)ccc21. The smallest absolute Gasteiger partial charge is 0.235 e. The highest BCUT2D eigenvalue weighted by Gasteiger charge is 2.13. The quantitative estimate of drug-likeness (QED) is 0.655. The number of aromatic nitrogens is 1. The van der Waals surface area contributed by atoms with Crippen molar-refractivity contribution in [2.45, 2.75) is 6.92 Å². The lowest BCUT2D eigenvalue weighted by Gasteiger charge is -1.97. The van der Waals surface area contributed by atoms with Gasteiger partial charge in [-0.1, -0.05) is 17.4 Å². The summed E-state index contributed by atoms with van der Waals surface area (Å²) in [6.45, 7) is 6.31. The summed E-state index contributed by atoms with van der Waals surface area (Å²) in [6, 6.07) is 6.50. The molecule has 0 fully saturated rings. The Bertz CT molecular complexity index is 873. The highest BCUT2D eigenvalue weighted by Crippen LogP contribution is 2.16. The molecule has 3 heteroatoms. The lowest BCUT2D eigenvalue weighted by Crippen LogP contribution is -2.32. The maximum Gasteiger partial charge on any atom is 0.274 e. The van der Waals surface area contributed by atoms with Crippen molar-refractivity contribution in [2.24, 2.45) is 0 Å². The lowest BCUT2D eigenvalue weighted by atomic mass is 10.1. The Morgan fingerprint density at radius 2 is 1.80 bits per heavy atom. The van der Waals surface area contributed by atoms with Gasteiger partial charge in [-0.05, 0) is 30.7 Å². The number of benzene rings is 1. The molecule has 20 heavy (non-hydrogen) atoms. The molecular weight excluding hydrogens is 264 g/mol. The first-order chi connectivity index (χ1) is 9.56. The molecule has 1 heterocycles. The Balaban J connectivity index is 2.26. The van der Waals surface area contributed by atoms with Gasteiger partial charge in [0.25, 0.3) is 4.66 Å². The van der Waals surface area contributed by atoms with Crippen molar-refractivity contribution < 1.29 is 8.82 Å². The molecule has 0 unspecified atom stereocenters. The third-order valence-corrected chi connectivity index (χ3v) is 4.68. The van der Waals surface area contributed by atoms with Gasteiger partial charge >= 0.3 is 0 Å². The summed E-state index contributed by atoms with van der Waals surface area (Å²) < 4.78 is 6.61. The van der Waals surface area contributed by atoms with Crippen LogP contribution in [0.25, 0.3) is 15.8 Å². The zero-order valence-corrected chi connectivity index (χ0v) is 12.9. The average molecular weight is 282 g/mol. The number of allylic oxidation sites excluding steroid dienone is 4. The summed E-state index contributed by atoms with van der Waals surface area (Å²) in [5.74, 6) is 0. The summed E-state index contributed by atoms with van der Waals surface area (Å²) in [5.41, 5.74) is 4.90. The second kappa shape index (κ2) is 4.84. The first kappa shape index (κ1) is 13.0. The fraction of sp³-hybridized carbons (Fsp3) is 0.176. The molecule has 1 aromatic carbocycles. The minimum absolute atomic E-state index is 1.19. The average Bonchev–Trinajstić information content (AvgIpc) is 2.75. The second-order valence-electron chi connectivity index (χ2n) is 5.25. The molecule has 1 aliphatic rings. The van der Waals surface area contributed by atoms with Gasteiger partial charge in [-0.3, -0.25) is 0 Å². The zero-order valence-electron chi connectivity index (χ0n) is 12.1. The third kappa shape index (κ3) is 2.14. The van der Waals surface area contributed by atoms with Crippen LogP contribution >= 0.6 is 11.3 Å². The van der Waals surface area contributed by atoms with E-state index in [1.807, 2.05) is 4.24 Å². The molecule has 2 aromatic rings. The van der Waals surface area contributed by atoms with Crippen LogP contribution in [-0.2, 0) is 0 Å². The molecule has 0 aliphatic heterocycles. The molecule has 0 saturated carbocycles. The van der Waals surface area contributed by atoms with Crippen LogP contribution in [-0.4, -0.2) is 24.4 Å². The highest BCUT2D eigenvalue weighted by atomic mass is 32.1. The predicted octanol–water partition coefficient (Wildman–Crippen LogP) is 2.13. The Hall–Kier alpha value is -2.00. The second-order valence-corrected chi connectivity index (χ2v) is 6.28. The van der Waals surface area contributed by atoms with Crippen molar-refractivity contribution >= 4 is 32.8 Å². The van der Waals surface area contributed by atoms with Crippen molar-refractivity contribution in [3.63, 3.8) is 0 Å². The number of hydrogen-bond acceptors (Lipinski definition) is 1. The van der Waals surface area contributed by atoms with Crippen LogP contribution in [0, 0.1) is 13.6 Å². The van der Waals surface area contributed by atoms with E-state index in [1.54, 1.807) is 11.3 Å². The molecule has 0 radical (unpaired) electrons. The normalized spacial score (nSPS) is 14.3. The Labute approximate surface area is 122 Å². The summed E-state index contributed by atoms with van der Waals surface area (Å²) in [6.07, 6.45) is 8.61. The van der Waals surface area contributed by atoms with Crippen molar-refractivity contribution in [1.29, 1.82) is 0 Å².